The van der Waals surface area contributed by atoms with Gasteiger partial charge >= 0.3 is 5.76 Å². The Morgan fingerprint density at radius 1 is 1.19 bits per heavy atom. The fourth-order valence-electron chi connectivity index (χ4n) is 4.87. The van der Waals surface area contributed by atoms with E-state index in [1.807, 2.05) is 42.6 Å². The average Bonchev–Trinajstić information content (AvgIpc) is 3.41. The zero-order chi connectivity index (χ0) is 25.7. The van der Waals surface area contributed by atoms with E-state index in [4.69, 9.17) is 15.7 Å². The summed E-state index contributed by atoms with van der Waals surface area (Å²) >= 11 is 0. The van der Waals surface area contributed by atoms with E-state index in [1.165, 1.54) is 12.1 Å². The third kappa shape index (κ3) is 3.91. The van der Waals surface area contributed by atoms with Gasteiger partial charge in [-0.25, -0.2) is 14.2 Å². The van der Waals surface area contributed by atoms with Crippen molar-refractivity contribution in [3.05, 3.63) is 116 Å². The lowest BCUT2D eigenvalue weighted by atomic mass is 9.89. The molecule has 1 aliphatic rings. The van der Waals surface area contributed by atoms with Crippen molar-refractivity contribution in [1.29, 1.82) is 0 Å². The van der Waals surface area contributed by atoms with Gasteiger partial charge in [0.2, 0.25) is 0 Å². The molecule has 0 saturated heterocycles. The molecule has 0 aliphatic carbocycles. The predicted octanol–water partition coefficient (Wildman–Crippen LogP) is 4.90. The quantitative estimate of drug-likeness (QED) is 0.362. The zero-order valence-electron chi connectivity index (χ0n) is 20.1. The molecule has 7 nitrogen and oxygen atoms in total. The van der Waals surface area contributed by atoms with Gasteiger partial charge in [0.1, 0.15) is 23.8 Å². The number of aryl methyl sites for hydroxylation is 1. The van der Waals surface area contributed by atoms with Gasteiger partial charge in [0.05, 0.1) is 5.69 Å². The minimum absolute atomic E-state index is 0.253. The van der Waals surface area contributed by atoms with Crippen molar-refractivity contribution in [2.75, 3.05) is 0 Å². The Kier molecular flexibility index (Phi) is 5.27. The van der Waals surface area contributed by atoms with E-state index in [9.17, 15) is 9.18 Å². The zero-order valence-corrected chi connectivity index (χ0v) is 20.1. The van der Waals surface area contributed by atoms with E-state index in [0.29, 0.717) is 29.1 Å². The maximum atomic E-state index is 14.1. The van der Waals surface area contributed by atoms with Gasteiger partial charge in [-0.2, -0.15) is 0 Å². The van der Waals surface area contributed by atoms with E-state index >= 15 is 0 Å². The van der Waals surface area contributed by atoms with Crippen molar-refractivity contribution in [2.45, 2.75) is 26.9 Å². The summed E-state index contributed by atoms with van der Waals surface area (Å²) in [5.41, 5.74) is 8.64. The highest BCUT2D eigenvalue weighted by molar-refractivity contribution is 5.99. The van der Waals surface area contributed by atoms with E-state index in [2.05, 4.69) is 33.2 Å². The number of halogens is 1. The van der Waals surface area contributed by atoms with Crippen LogP contribution in [-0.4, -0.2) is 19.5 Å². The SMILES string of the molecule is C#Cc1ccn2c(Cc3ccc4c(c3)COc3cc(F)ccc3/C4=C(/C)c3noc(=O)[nH]3)c(C)nc2c1. The van der Waals surface area contributed by atoms with Crippen LogP contribution in [0, 0.1) is 25.1 Å². The van der Waals surface area contributed by atoms with Crippen LogP contribution < -0.4 is 10.5 Å². The fraction of sp³-hybridized carbons (Fsp3) is 0.138. The van der Waals surface area contributed by atoms with Crippen LogP contribution in [0.2, 0.25) is 0 Å². The molecule has 6 rings (SSSR count). The number of nitrogens with zero attached hydrogens (tertiary/aromatic N) is 3. The number of pyridine rings is 1. The summed E-state index contributed by atoms with van der Waals surface area (Å²) in [6.45, 7) is 4.08. The predicted molar refractivity (Wildman–Crippen MR) is 137 cm³/mol. The van der Waals surface area contributed by atoms with Gasteiger partial charge < -0.3 is 9.14 Å². The molecule has 1 N–H and O–H groups in total. The van der Waals surface area contributed by atoms with E-state index in [0.717, 1.165) is 44.9 Å². The van der Waals surface area contributed by atoms with Gasteiger partial charge in [0.15, 0.2) is 5.82 Å². The number of aromatic nitrogens is 4. The highest BCUT2D eigenvalue weighted by atomic mass is 19.1. The number of nitrogens with one attached hydrogen (secondary N) is 1. The molecule has 0 atom stereocenters. The number of ether oxygens (including phenoxy) is 1. The Labute approximate surface area is 211 Å². The number of hydrogen-bond donors (Lipinski definition) is 1. The van der Waals surface area contributed by atoms with E-state index in [1.54, 1.807) is 6.07 Å². The maximum absolute atomic E-state index is 14.1. The number of benzene rings is 2. The number of allylic oxidation sites excluding steroid dienone is 1. The van der Waals surface area contributed by atoms with Crippen LogP contribution in [0.4, 0.5) is 4.39 Å². The standard InChI is InChI=1S/C29H21FN4O3/c1-4-18-9-10-34-24(17(3)31-26(34)13-18)12-19-5-7-22-20(11-19)15-36-25-14-21(30)6-8-23(25)27(22)16(2)28-32-29(35)37-33-28/h1,5-11,13-14H,12,15H2,2-3H3,(H,32,33,35)/b27-16-. The summed E-state index contributed by atoms with van der Waals surface area (Å²) < 4.78 is 27.0. The van der Waals surface area contributed by atoms with Crippen molar-refractivity contribution in [3.8, 4) is 18.1 Å². The molecule has 0 amide bonds. The maximum Gasteiger partial charge on any atom is 0.439 e. The lowest BCUT2D eigenvalue weighted by Crippen LogP contribution is -2.02. The van der Waals surface area contributed by atoms with Crippen LogP contribution in [0.15, 0.2) is 64.0 Å². The molecule has 0 saturated carbocycles. The molecule has 2 aromatic carbocycles. The molecule has 182 valence electrons. The summed E-state index contributed by atoms with van der Waals surface area (Å²) in [7, 11) is 0. The van der Waals surface area contributed by atoms with Crippen LogP contribution in [0.1, 0.15) is 52.0 Å². The van der Waals surface area contributed by atoms with Crippen molar-refractivity contribution in [2.24, 2.45) is 0 Å². The van der Waals surface area contributed by atoms with Gasteiger partial charge in [-0.15, -0.1) is 6.42 Å². The largest absolute Gasteiger partial charge is 0.488 e. The molecule has 0 fully saturated rings. The molecule has 0 radical (unpaired) electrons. The van der Waals surface area contributed by atoms with Crippen molar-refractivity contribution < 1.29 is 13.7 Å². The Morgan fingerprint density at radius 2 is 2.03 bits per heavy atom. The second kappa shape index (κ2) is 8.64. The lowest BCUT2D eigenvalue weighted by molar-refractivity contribution is 0.305. The number of imidazole rings is 1. The molecule has 3 aromatic heterocycles. The van der Waals surface area contributed by atoms with Gasteiger partial charge in [-0.1, -0.05) is 29.3 Å². The molecule has 0 spiro atoms. The van der Waals surface area contributed by atoms with Gasteiger partial charge in [0, 0.05) is 41.1 Å². The monoisotopic (exact) mass is 492 g/mol. The van der Waals surface area contributed by atoms with Crippen LogP contribution in [0.5, 0.6) is 5.75 Å². The highest BCUT2D eigenvalue weighted by Crippen LogP contribution is 2.41. The van der Waals surface area contributed by atoms with Crippen LogP contribution in [0.25, 0.3) is 16.8 Å². The number of aromatic amines is 1. The topological polar surface area (TPSA) is 85.4 Å². The summed E-state index contributed by atoms with van der Waals surface area (Å²) in [5, 5.41) is 3.87. The number of H-pyrrole nitrogens is 1. The molecular formula is C29H21FN4O3. The third-order valence-electron chi connectivity index (χ3n) is 6.67. The highest BCUT2D eigenvalue weighted by Gasteiger charge is 2.24. The molecule has 8 heteroatoms. The molecule has 0 bridgehead atoms. The van der Waals surface area contributed by atoms with Crippen molar-refractivity contribution in [3.63, 3.8) is 0 Å². The summed E-state index contributed by atoms with van der Waals surface area (Å²) in [6.07, 6.45) is 8.14. The van der Waals surface area contributed by atoms with Crippen molar-refractivity contribution >= 4 is 16.8 Å². The fourth-order valence-corrected chi connectivity index (χ4v) is 4.87. The summed E-state index contributed by atoms with van der Waals surface area (Å²) in [5.74, 6) is 2.33. The summed E-state index contributed by atoms with van der Waals surface area (Å²) in [4.78, 5) is 18.9. The van der Waals surface area contributed by atoms with E-state index < -0.39 is 11.6 Å². The van der Waals surface area contributed by atoms with Crippen LogP contribution >= 0.6 is 0 Å². The molecule has 5 aromatic rings. The first-order valence-electron chi connectivity index (χ1n) is 11.7. The number of hydrogen-bond acceptors (Lipinski definition) is 5. The van der Waals surface area contributed by atoms with Crippen LogP contribution in [-0.2, 0) is 13.0 Å². The van der Waals surface area contributed by atoms with Crippen LogP contribution in [0.3, 0.4) is 0 Å². The Balaban J connectivity index is 1.47. The first-order valence-corrected chi connectivity index (χ1v) is 11.7. The minimum atomic E-state index is -0.646. The second-order valence-corrected chi connectivity index (χ2v) is 8.97. The lowest BCUT2D eigenvalue weighted by Gasteiger charge is -2.14. The Hall–Kier alpha value is -4.90. The third-order valence-corrected chi connectivity index (χ3v) is 6.67. The number of terminal acetylenes is 1. The van der Waals surface area contributed by atoms with Gasteiger partial charge in [-0.3, -0.25) is 9.51 Å². The Bertz CT molecular complexity index is 1830. The molecular weight excluding hydrogens is 471 g/mol. The smallest absolute Gasteiger partial charge is 0.439 e. The average molecular weight is 493 g/mol. The van der Waals surface area contributed by atoms with Gasteiger partial charge in [-0.05, 0) is 60.4 Å². The summed E-state index contributed by atoms with van der Waals surface area (Å²) in [6, 6.07) is 14.4. The number of fused-ring (bicyclic) bond motifs is 3. The normalized spacial score (nSPS) is 13.9. The molecule has 4 heterocycles. The van der Waals surface area contributed by atoms with Crippen molar-refractivity contribution in [1.82, 2.24) is 19.5 Å². The minimum Gasteiger partial charge on any atom is -0.488 e. The molecule has 0 unspecified atom stereocenters. The van der Waals surface area contributed by atoms with Gasteiger partial charge in [0.25, 0.3) is 0 Å². The Morgan fingerprint density at radius 3 is 2.81 bits per heavy atom. The molecule has 37 heavy (non-hydrogen) atoms. The van der Waals surface area contributed by atoms with E-state index in [-0.39, 0.29) is 6.61 Å². The first-order chi connectivity index (χ1) is 17.9. The molecule has 1 aliphatic heterocycles. The second-order valence-electron chi connectivity index (χ2n) is 8.97. The number of rotatable bonds is 3. The first kappa shape index (κ1) is 22.6.